The largest absolute Gasteiger partial charge is 0.484 e. The lowest BCUT2D eigenvalue weighted by Crippen LogP contribution is -2.44. The van der Waals surface area contributed by atoms with E-state index in [1.807, 2.05) is 24.3 Å². The number of carbonyl (C=O) groups is 4. The summed E-state index contributed by atoms with van der Waals surface area (Å²) in [6.45, 7) is 12.1. The van der Waals surface area contributed by atoms with E-state index in [4.69, 9.17) is 9.47 Å². The summed E-state index contributed by atoms with van der Waals surface area (Å²) in [6, 6.07) is 20.6. The number of benzene rings is 3. The second-order valence-electron chi connectivity index (χ2n) is 11.7. The number of nitrogens with one attached hydrogen (secondary N) is 4. The van der Waals surface area contributed by atoms with Crippen LogP contribution in [0.25, 0.3) is 0 Å². The molecule has 0 spiro atoms. The van der Waals surface area contributed by atoms with Crippen molar-refractivity contribution in [3.05, 3.63) is 95.1 Å². The number of hydrogen-bond donors (Lipinski definition) is 4. The maximum absolute atomic E-state index is 12.4. The van der Waals surface area contributed by atoms with Gasteiger partial charge in [-0.05, 0) is 70.5 Å². The normalized spacial score (nSPS) is 11.2. The molecule has 3 aromatic rings. The van der Waals surface area contributed by atoms with Crippen LogP contribution >= 0.6 is 0 Å². The van der Waals surface area contributed by atoms with Gasteiger partial charge in [0.05, 0.1) is 0 Å². The van der Waals surface area contributed by atoms with Crippen LogP contribution in [0.5, 0.6) is 11.5 Å². The van der Waals surface area contributed by atoms with Gasteiger partial charge in [-0.3, -0.25) is 40.9 Å². The average Bonchev–Trinajstić information content (AvgIpc) is 2.96. The number of hydrogen-bond acceptors (Lipinski definition) is 6. The zero-order valence-corrected chi connectivity index (χ0v) is 24.8. The van der Waals surface area contributed by atoms with E-state index in [2.05, 4.69) is 63.2 Å². The van der Waals surface area contributed by atoms with Crippen molar-refractivity contribution in [1.29, 1.82) is 0 Å². The molecule has 4 N–H and O–H groups in total. The van der Waals surface area contributed by atoms with Crippen LogP contribution < -0.4 is 31.2 Å². The van der Waals surface area contributed by atoms with Crippen molar-refractivity contribution in [2.45, 2.75) is 52.4 Å². The summed E-state index contributed by atoms with van der Waals surface area (Å²) >= 11 is 0. The maximum Gasteiger partial charge on any atom is 0.276 e. The summed E-state index contributed by atoms with van der Waals surface area (Å²) in [4.78, 5) is 48.9. The van der Waals surface area contributed by atoms with Crippen LogP contribution in [0.2, 0.25) is 0 Å². The van der Waals surface area contributed by atoms with E-state index in [9.17, 15) is 19.2 Å². The Morgan fingerprint density at radius 3 is 1.10 bits per heavy atom. The zero-order chi connectivity index (χ0) is 30.9. The minimum atomic E-state index is -0.578. The smallest absolute Gasteiger partial charge is 0.276 e. The van der Waals surface area contributed by atoms with Gasteiger partial charge in [-0.2, -0.15) is 0 Å². The van der Waals surface area contributed by atoms with Crippen molar-refractivity contribution in [1.82, 2.24) is 21.7 Å². The molecule has 0 atom stereocenters. The highest BCUT2D eigenvalue weighted by Gasteiger charge is 2.15. The van der Waals surface area contributed by atoms with Crippen LogP contribution in [0, 0.1) is 0 Å². The third-order valence-electron chi connectivity index (χ3n) is 6.22. The Morgan fingerprint density at radius 1 is 0.500 bits per heavy atom. The average molecular weight is 575 g/mol. The molecule has 0 aromatic heterocycles. The first-order valence-electron chi connectivity index (χ1n) is 13.5. The van der Waals surface area contributed by atoms with Gasteiger partial charge in [0, 0.05) is 11.1 Å². The quantitative estimate of drug-likeness (QED) is 0.301. The summed E-state index contributed by atoms with van der Waals surface area (Å²) < 4.78 is 10.9. The maximum atomic E-state index is 12.4. The highest BCUT2D eigenvalue weighted by atomic mass is 16.5. The Kier molecular flexibility index (Phi) is 10.3. The van der Waals surface area contributed by atoms with Crippen LogP contribution in [-0.2, 0) is 20.4 Å². The van der Waals surface area contributed by atoms with Gasteiger partial charge in [0.25, 0.3) is 23.6 Å². The van der Waals surface area contributed by atoms with E-state index in [0.717, 1.165) is 11.1 Å². The molecule has 0 saturated heterocycles. The minimum absolute atomic E-state index is 0.00755. The highest BCUT2D eigenvalue weighted by molar-refractivity contribution is 5.98. The molecule has 0 aliphatic rings. The number of hydrazine groups is 2. The molecular formula is C32H38N4O6. The van der Waals surface area contributed by atoms with E-state index >= 15 is 0 Å². The SMILES string of the molecule is CC(C)(C)c1ccc(OCC(=O)NNC(=O)c2ccc(C(=O)NNC(=O)COc3ccc(C(C)(C)C)cc3)cc2)cc1. The van der Waals surface area contributed by atoms with Gasteiger partial charge in [0.15, 0.2) is 13.2 Å². The predicted molar refractivity (Wildman–Crippen MR) is 159 cm³/mol. The van der Waals surface area contributed by atoms with Gasteiger partial charge < -0.3 is 9.47 Å². The lowest BCUT2D eigenvalue weighted by atomic mass is 9.87. The molecule has 10 nitrogen and oxygen atoms in total. The molecule has 3 rings (SSSR count). The van der Waals surface area contributed by atoms with Crippen LogP contribution in [0.1, 0.15) is 73.4 Å². The monoisotopic (exact) mass is 574 g/mol. The molecule has 3 aromatic carbocycles. The lowest BCUT2D eigenvalue weighted by molar-refractivity contribution is -0.124. The van der Waals surface area contributed by atoms with E-state index in [1.165, 1.54) is 24.3 Å². The number of rotatable bonds is 8. The summed E-state index contributed by atoms with van der Waals surface area (Å²) in [7, 11) is 0. The lowest BCUT2D eigenvalue weighted by Gasteiger charge is -2.19. The first-order chi connectivity index (χ1) is 19.7. The zero-order valence-electron chi connectivity index (χ0n) is 24.8. The third-order valence-corrected chi connectivity index (χ3v) is 6.22. The molecule has 0 heterocycles. The van der Waals surface area contributed by atoms with Gasteiger partial charge in [-0.25, -0.2) is 0 Å². The molecule has 10 heteroatoms. The topological polar surface area (TPSA) is 135 Å². The number of carbonyl (C=O) groups excluding carboxylic acids is 4. The Hall–Kier alpha value is -4.86. The van der Waals surface area contributed by atoms with E-state index < -0.39 is 23.6 Å². The van der Waals surface area contributed by atoms with Crippen molar-refractivity contribution in [2.24, 2.45) is 0 Å². The van der Waals surface area contributed by atoms with E-state index in [-0.39, 0.29) is 35.2 Å². The van der Waals surface area contributed by atoms with Gasteiger partial charge in [-0.1, -0.05) is 65.8 Å². The van der Waals surface area contributed by atoms with Gasteiger partial charge in [0.2, 0.25) is 0 Å². The predicted octanol–water partition coefficient (Wildman–Crippen LogP) is 3.96. The fourth-order valence-electron chi connectivity index (χ4n) is 3.64. The van der Waals surface area contributed by atoms with Crippen molar-refractivity contribution in [3.8, 4) is 11.5 Å². The Morgan fingerprint density at radius 2 is 0.810 bits per heavy atom. The summed E-state index contributed by atoms with van der Waals surface area (Å²) in [5.74, 6) is -1.17. The van der Waals surface area contributed by atoms with Crippen LogP contribution in [0.15, 0.2) is 72.8 Å². The molecule has 4 amide bonds. The standard InChI is InChI=1S/C32H38N4O6/c1-31(2,3)23-11-15-25(16-12-23)41-19-27(37)33-35-29(39)21-7-9-22(10-8-21)30(40)36-34-28(38)20-42-26-17-13-24(14-18-26)32(4,5)6/h7-18H,19-20H2,1-6H3,(H,33,37)(H,34,38)(H,35,39)(H,36,40). The number of amides is 4. The molecule has 0 saturated carbocycles. The van der Waals surface area contributed by atoms with Crippen LogP contribution in [0.3, 0.4) is 0 Å². The Labute approximate surface area is 246 Å². The molecular weight excluding hydrogens is 536 g/mol. The fourth-order valence-corrected chi connectivity index (χ4v) is 3.64. The van der Waals surface area contributed by atoms with Crippen molar-refractivity contribution in [3.63, 3.8) is 0 Å². The first-order valence-corrected chi connectivity index (χ1v) is 13.5. The Balaban J connectivity index is 1.37. The highest BCUT2D eigenvalue weighted by Crippen LogP contribution is 2.25. The molecule has 0 fully saturated rings. The van der Waals surface area contributed by atoms with Crippen LogP contribution in [0.4, 0.5) is 0 Å². The summed E-state index contributed by atoms with van der Waals surface area (Å²) in [5, 5.41) is 0. The molecule has 222 valence electrons. The molecule has 0 unspecified atom stereocenters. The molecule has 0 aliphatic heterocycles. The van der Waals surface area contributed by atoms with E-state index in [0.29, 0.717) is 11.5 Å². The minimum Gasteiger partial charge on any atom is -0.484 e. The molecule has 0 radical (unpaired) electrons. The van der Waals surface area contributed by atoms with Crippen LogP contribution in [-0.4, -0.2) is 36.8 Å². The van der Waals surface area contributed by atoms with Crippen molar-refractivity contribution in [2.75, 3.05) is 13.2 Å². The summed E-state index contributed by atoms with van der Waals surface area (Å²) in [5.41, 5.74) is 11.9. The summed E-state index contributed by atoms with van der Waals surface area (Å²) in [6.07, 6.45) is 0. The first kappa shape index (κ1) is 31.7. The molecule has 0 bridgehead atoms. The Bertz CT molecular complexity index is 1280. The van der Waals surface area contributed by atoms with Gasteiger partial charge in [0.1, 0.15) is 11.5 Å². The second kappa shape index (κ2) is 13.7. The fraction of sp³-hybridized carbons (Fsp3) is 0.312. The molecule has 42 heavy (non-hydrogen) atoms. The van der Waals surface area contributed by atoms with Gasteiger partial charge >= 0.3 is 0 Å². The van der Waals surface area contributed by atoms with Gasteiger partial charge in [-0.15, -0.1) is 0 Å². The second-order valence-corrected chi connectivity index (χ2v) is 11.7. The van der Waals surface area contributed by atoms with Crippen molar-refractivity contribution < 1.29 is 28.7 Å². The third kappa shape index (κ3) is 9.65. The van der Waals surface area contributed by atoms with Crippen molar-refractivity contribution >= 4 is 23.6 Å². The molecule has 0 aliphatic carbocycles. The van der Waals surface area contributed by atoms with E-state index in [1.54, 1.807) is 24.3 Å². The number of ether oxygens (including phenoxy) is 2.